The molecule has 98 valence electrons. The van der Waals surface area contributed by atoms with Gasteiger partial charge in [-0.1, -0.05) is 34.1 Å². The minimum absolute atomic E-state index is 0.911. The van der Waals surface area contributed by atoms with Gasteiger partial charge in [-0.15, -0.1) is 0 Å². The Morgan fingerprint density at radius 2 is 1.12 bits per heavy atom. The number of hydrogen-bond donors (Lipinski definition) is 0. The van der Waals surface area contributed by atoms with Crippen LogP contribution in [0.25, 0.3) is 0 Å². The van der Waals surface area contributed by atoms with Crippen molar-refractivity contribution in [1.29, 1.82) is 0 Å². The van der Waals surface area contributed by atoms with Crippen molar-refractivity contribution in [2.45, 2.75) is 72.6 Å². The van der Waals surface area contributed by atoms with E-state index in [9.17, 15) is 0 Å². The average molecular weight is 234 g/mol. The van der Waals surface area contributed by atoms with Crippen LogP contribution in [0.4, 0.5) is 0 Å². The molecule has 2 atom stereocenters. The molecule has 0 N–H and O–H groups in total. The Labute approximate surface area is 108 Å². The van der Waals surface area contributed by atoms with Gasteiger partial charge in [0.1, 0.15) is 0 Å². The van der Waals surface area contributed by atoms with E-state index >= 15 is 0 Å². The topological polar surface area (TPSA) is 0 Å². The van der Waals surface area contributed by atoms with Crippen molar-refractivity contribution in [3.63, 3.8) is 0 Å². The fourth-order valence-electron chi connectivity index (χ4n) is 4.58. The predicted molar refractivity (Wildman–Crippen MR) is 73.8 cm³/mol. The fraction of sp³-hybridized carbons (Fsp3) is 1.00. The molecular formula is C17H30. The molecule has 4 fully saturated rings. The molecule has 4 aliphatic carbocycles. The highest BCUT2D eigenvalue weighted by atomic mass is 14.7. The number of rotatable bonds is 2. The standard InChI is InChI=1S/C9H16.C8H14/c1-7(2)8-6-9(8)4-3-5-9;1-6(2)7-5-8(7)3-4-8/h7-8H,3-6H2,1-2H3;6-7H,3-5H2,1-2H3. The lowest BCUT2D eigenvalue weighted by Crippen LogP contribution is -2.16. The van der Waals surface area contributed by atoms with Crippen molar-refractivity contribution in [3.05, 3.63) is 0 Å². The molecule has 0 aromatic rings. The first-order chi connectivity index (χ1) is 7.99. The summed E-state index contributed by atoms with van der Waals surface area (Å²) in [5, 5.41) is 0. The zero-order valence-electron chi connectivity index (χ0n) is 12.3. The van der Waals surface area contributed by atoms with Crippen LogP contribution in [0.15, 0.2) is 0 Å². The molecule has 0 aromatic heterocycles. The third-order valence-corrected chi connectivity index (χ3v) is 6.36. The highest BCUT2D eigenvalue weighted by Gasteiger charge is 2.63. The predicted octanol–water partition coefficient (Wildman–Crippen LogP) is 5.28. The second kappa shape index (κ2) is 3.75. The van der Waals surface area contributed by atoms with Gasteiger partial charge in [0, 0.05) is 0 Å². The maximum atomic E-state index is 2.37. The maximum Gasteiger partial charge on any atom is -0.0263 e. The third-order valence-electron chi connectivity index (χ3n) is 6.36. The minimum Gasteiger partial charge on any atom is -0.0625 e. The minimum atomic E-state index is 0.911. The molecule has 0 heteroatoms. The van der Waals surface area contributed by atoms with Gasteiger partial charge in [0.15, 0.2) is 0 Å². The summed E-state index contributed by atoms with van der Waals surface area (Å²) in [6, 6.07) is 0. The summed E-state index contributed by atoms with van der Waals surface area (Å²) in [7, 11) is 0. The summed E-state index contributed by atoms with van der Waals surface area (Å²) in [5.74, 6) is 4.18. The van der Waals surface area contributed by atoms with Gasteiger partial charge in [0.05, 0.1) is 0 Å². The summed E-state index contributed by atoms with van der Waals surface area (Å²) < 4.78 is 0. The quantitative estimate of drug-likeness (QED) is 0.610. The van der Waals surface area contributed by atoms with Gasteiger partial charge in [0.2, 0.25) is 0 Å². The monoisotopic (exact) mass is 234 g/mol. The third kappa shape index (κ3) is 2.06. The van der Waals surface area contributed by atoms with Crippen molar-refractivity contribution < 1.29 is 0 Å². The summed E-state index contributed by atoms with van der Waals surface area (Å²) >= 11 is 0. The van der Waals surface area contributed by atoms with Gasteiger partial charge < -0.3 is 0 Å². The Hall–Kier alpha value is 0. The van der Waals surface area contributed by atoms with Gasteiger partial charge >= 0.3 is 0 Å². The molecule has 17 heavy (non-hydrogen) atoms. The highest BCUT2D eigenvalue weighted by molar-refractivity contribution is 5.12. The van der Waals surface area contributed by atoms with Crippen LogP contribution in [0.3, 0.4) is 0 Å². The first-order valence-electron chi connectivity index (χ1n) is 7.99. The zero-order chi connectivity index (χ0) is 12.3. The Morgan fingerprint density at radius 1 is 0.706 bits per heavy atom. The molecule has 0 amide bonds. The molecule has 4 aliphatic rings. The van der Waals surface area contributed by atoms with E-state index in [1.54, 1.807) is 38.5 Å². The van der Waals surface area contributed by atoms with Crippen molar-refractivity contribution in [2.24, 2.45) is 34.5 Å². The van der Waals surface area contributed by atoms with Crippen LogP contribution in [-0.4, -0.2) is 0 Å². The van der Waals surface area contributed by atoms with Gasteiger partial charge in [-0.05, 0) is 73.0 Å². The molecule has 0 aromatic carbocycles. The summed E-state index contributed by atoms with van der Waals surface area (Å²) in [5.41, 5.74) is 1.85. The van der Waals surface area contributed by atoms with Crippen LogP contribution in [-0.2, 0) is 0 Å². The van der Waals surface area contributed by atoms with E-state index < -0.39 is 0 Å². The van der Waals surface area contributed by atoms with Crippen molar-refractivity contribution in [1.82, 2.24) is 0 Å². The molecule has 2 spiro atoms. The SMILES string of the molecule is CC(C)C1CC12CC2.CC(C)C1CC12CCC2. The average Bonchev–Trinajstić information content (AvgIpc) is 3.06. The molecule has 0 bridgehead atoms. The molecule has 4 saturated carbocycles. The Balaban J connectivity index is 0.000000107. The lowest BCUT2D eigenvalue weighted by Gasteiger charge is -2.27. The zero-order valence-corrected chi connectivity index (χ0v) is 12.3. The molecule has 0 saturated heterocycles. The van der Waals surface area contributed by atoms with E-state index in [2.05, 4.69) is 27.7 Å². The number of hydrogen-bond acceptors (Lipinski definition) is 0. The van der Waals surface area contributed by atoms with Crippen LogP contribution in [0.1, 0.15) is 72.6 Å². The summed E-state index contributed by atoms with van der Waals surface area (Å²) in [6.07, 6.45) is 10.8. The highest BCUT2D eigenvalue weighted by Crippen LogP contribution is 2.72. The van der Waals surface area contributed by atoms with Gasteiger partial charge in [-0.3, -0.25) is 0 Å². The lowest BCUT2D eigenvalue weighted by molar-refractivity contribution is 0.237. The normalized spacial score (nSPS) is 37.8. The smallest absolute Gasteiger partial charge is 0.0263 e. The molecule has 0 heterocycles. The fourth-order valence-corrected chi connectivity index (χ4v) is 4.58. The Bertz CT molecular complexity index is 291. The second-order valence-electron chi connectivity index (χ2n) is 8.19. The van der Waals surface area contributed by atoms with E-state index in [1.165, 1.54) is 6.42 Å². The van der Waals surface area contributed by atoms with E-state index in [0.29, 0.717) is 0 Å². The van der Waals surface area contributed by atoms with Crippen LogP contribution in [0, 0.1) is 34.5 Å². The van der Waals surface area contributed by atoms with E-state index in [-0.39, 0.29) is 0 Å². The molecular weight excluding hydrogens is 204 g/mol. The van der Waals surface area contributed by atoms with Crippen molar-refractivity contribution in [2.75, 3.05) is 0 Å². The second-order valence-corrected chi connectivity index (χ2v) is 8.19. The molecule has 0 nitrogen and oxygen atoms in total. The van der Waals surface area contributed by atoms with Crippen LogP contribution in [0.5, 0.6) is 0 Å². The van der Waals surface area contributed by atoms with Gasteiger partial charge in [-0.25, -0.2) is 0 Å². The first kappa shape index (κ1) is 12.1. The summed E-state index contributed by atoms with van der Waals surface area (Å²) in [6.45, 7) is 9.46. The van der Waals surface area contributed by atoms with E-state index in [1.807, 2.05) is 0 Å². The van der Waals surface area contributed by atoms with Crippen molar-refractivity contribution >= 4 is 0 Å². The van der Waals surface area contributed by atoms with Gasteiger partial charge in [-0.2, -0.15) is 0 Å². The molecule has 0 radical (unpaired) electrons. The maximum absolute atomic E-state index is 2.37. The Morgan fingerprint density at radius 3 is 1.24 bits per heavy atom. The van der Waals surface area contributed by atoms with E-state index in [0.717, 1.165) is 34.5 Å². The molecule has 0 aliphatic heterocycles. The van der Waals surface area contributed by atoms with Crippen LogP contribution in [0.2, 0.25) is 0 Å². The van der Waals surface area contributed by atoms with Crippen LogP contribution < -0.4 is 0 Å². The largest absolute Gasteiger partial charge is 0.0625 e. The summed E-state index contributed by atoms with van der Waals surface area (Å²) in [4.78, 5) is 0. The van der Waals surface area contributed by atoms with Crippen LogP contribution >= 0.6 is 0 Å². The molecule has 4 rings (SSSR count). The van der Waals surface area contributed by atoms with Gasteiger partial charge in [0.25, 0.3) is 0 Å². The van der Waals surface area contributed by atoms with Crippen molar-refractivity contribution in [3.8, 4) is 0 Å². The van der Waals surface area contributed by atoms with E-state index in [4.69, 9.17) is 0 Å². The lowest BCUT2D eigenvalue weighted by atomic mass is 9.78. The Kier molecular flexibility index (Phi) is 2.66. The molecule has 2 unspecified atom stereocenters. The first-order valence-corrected chi connectivity index (χ1v) is 7.99.